The van der Waals surface area contributed by atoms with Crippen LogP contribution in [0.2, 0.25) is 0 Å². The summed E-state index contributed by atoms with van der Waals surface area (Å²) in [5.74, 6) is 2.25. The van der Waals surface area contributed by atoms with E-state index >= 15 is 0 Å². The van der Waals surface area contributed by atoms with Gasteiger partial charge in [0, 0.05) is 48.6 Å². The minimum atomic E-state index is 0.0547. The predicted octanol–water partition coefficient (Wildman–Crippen LogP) is 3.30. The molecular weight excluding hydrogens is 402 g/mol. The molecule has 0 aliphatic carbocycles. The molecule has 0 spiro atoms. The third-order valence-corrected chi connectivity index (χ3v) is 6.35. The highest BCUT2D eigenvalue weighted by atomic mass is 16.1. The van der Waals surface area contributed by atoms with Gasteiger partial charge in [0.05, 0.1) is 0 Å². The van der Waals surface area contributed by atoms with Gasteiger partial charge in [-0.2, -0.15) is 4.52 Å². The first-order valence-corrected chi connectivity index (χ1v) is 11.4. The molecule has 32 heavy (non-hydrogen) atoms. The maximum Gasteiger partial charge on any atom is 0.223 e. The average molecular weight is 432 g/mol. The number of anilines is 1. The van der Waals surface area contributed by atoms with Gasteiger partial charge < -0.3 is 15.2 Å². The van der Waals surface area contributed by atoms with Crippen LogP contribution in [0.3, 0.4) is 0 Å². The van der Waals surface area contributed by atoms with Crippen LogP contribution < -0.4 is 10.2 Å². The van der Waals surface area contributed by atoms with Gasteiger partial charge in [0.15, 0.2) is 11.5 Å². The molecule has 3 aromatic heterocycles. The zero-order chi connectivity index (χ0) is 22.1. The lowest BCUT2D eigenvalue weighted by atomic mass is 9.96. The van der Waals surface area contributed by atoms with E-state index in [-0.39, 0.29) is 17.7 Å². The minimum absolute atomic E-state index is 0.0547. The summed E-state index contributed by atoms with van der Waals surface area (Å²) in [6, 6.07) is 12.2. The molecule has 8 heteroatoms. The Balaban J connectivity index is 1.15. The van der Waals surface area contributed by atoms with E-state index in [0.29, 0.717) is 6.54 Å². The first kappa shape index (κ1) is 20.5. The molecule has 1 fully saturated rings. The number of amides is 1. The molecule has 1 aromatic carbocycles. The van der Waals surface area contributed by atoms with Crippen LogP contribution >= 0.6 is 0 Å². The van der Waals surface area contributed by atoms with E-state index in [1.54, 1.807) is 0 Å². The van der Waals surface area contributed by atoms with Crippen molar-refractivity contribution in [2.45, 2.75) is 39.0 Å². The maximum atomic E-state index is 12.7. The Morgan fingerprint density at radius 3 is 2.78 bits per heavy atom. The van der Waals surface area contributed by atoms with Crippen LogP contribution in [-0.2, 0) is 11.2 Å². The van der Waals surface area contributed by atoms with Crippen molar-refractivity contribution in [3.8, 4) is 0 Å². The zero-order valence-electron chi connectivity index (χ0n) is 18.6. The maximum absolute atomic E-state index is 12.7. The van der Waals surface area contributed by atoms with Crippen LogP contribution in [-0.4, -0.2) is 50.3 Å². The van der Waals surface area contributed by atoms with E-state index in [1.165, 1.54) is 10.9 Å². The fourth-order valence-corrected chi connectivity index (χ4v) is 4.50. The van der Waals surface area contributed by atoms with E-state index in [2.05, 4.69) is 51.4 Å². The molecule has 4 heterocycles. The number of benzene rings is 1. The highest BCUT2D eigenvalue weighted by Crippen LogP contribution is 2.23. The smallest absolute Gasteiger partial charge is 0.223 e. The molecule has 2 N–H and O–H groups in total. The van der Waals surface area contributed by atoms with Gasteiger partial charge in [0.25, 0.3) is 0 Å². The van der Waals surface area contributed by atoms with Gasteiger partial charge in [-0.3, -0.25) is 4.79 Å². The summed E-state index contributed by atoms with van der Waals surface area (Å²) in [4.78, 5) is 18.3. The number of H-pyrrole nitrogens is 1. The lowest BCUT2D eigenvalue weighted by Crippen LogP contribution is -2.41. The summed E-state index contributed by atoms with van der Waals surface area (Å²) in [7, 11) is 0. The number of aromatic amines is 1. The molecule has 8 nitrogen and oxygen atoms in total. The van der Waals surface area contributed by atoms with E-state index in [9.17, 15) is 4.79 Å². The minimum Gasteiger partial charge on any atom is -0.361 e. The second-order valence-corrected chi connectivity index (χ2v) is 8.84. The first-order valence-electron chi connectivity index (χ1n) is 11.4. The number of hydrogen-bond donors (Lipinski definition) is 2. The Labute approximate surface area is 187 Å². The third-order valence-electron chi connectivity index (χ3n) is 6.35. The lowest BCUT2D eigenvalue weighted by molar-refractivity contribution is -0.125. The lowest BCUT2D eigenvalue weighted by Gasteiger charge is -2.32. The number of nitrogens with one attached hydrogen (secondary N) is 2. The number of carbonyl (C=O) groups is 1. The van der Waals surface area contributed by atoms with Crippen LogP contribution in [0.5, 0.6) is 0 Å². The first-order chi connectivity index (χ1) is 15.6. The third kappa shape index (κ3) is 3.92. The Morgan fingerprint density at radius 1 is 1.16 bits per heavy atom. The topological polar surface area (TPSA) is 91.2 Å². The van der Waals surface area contributed by atoms with Crippen molar-refractivity contribution in [3.63, 3.8) is 0 Å². The highest BCUT2D eigenvalue weighted by molar-refractivity contribution is 5.83. The zero-order valence-corrected chi connectivity index (χ0v) is 18.6. The molecule has 1 saturated heterocycles. The molecule has 1 aliphatic rings. The number of carbonyl (C=O) groups excluding carboxylic acids is 1. The molecule has 0 radical (unpaired) electrons. The Hall–Kier alpha value is -3.42. The predicted molar refractivity (Wildman–Crippen MR) is 125 cm³/mol. The Kier molecular flexibility index (Phi) is 5.51. The van der Waals surface area contributed by atoms with Gasteiger partial charge in [-0.25, -0.2) is 0 Å². The number of piperidine rings is 1. The Morgan fingerprint density at radius 2 is 1.97 bits per heavy atom. The van der Waals surface area contributed by atoms with Crippen LogP contribution in [0.1, 0.15) is 44.0 Å². The van der Waals surface area contributed by atoms with Crippen molar-refractivity contribution in [2.75, 3.05) is 24.5 Å². The van der Waals surface area contributed by atoms with Gasteiger partial charge in [-0.1, -0.05) is 32.0 Å². The monoisotopic (exact) mass is 431 g/mol. The van der Waals surface area contributed by atoms with E-state index in [4.69, 9.17) is 5.10 Å². The van der Waals surface area contributed by atoms with Crippen LogP contribution in [0, 0.1) is 5.92 Å². The van der Waals surface area contributed by atoms with E-state index in [0.717, 1.165) is 55.2 Å². The van der Waals surface area contributed by atoms with Crippen molar-refractivity contribution in [1.82, 2.24) is 30.1 Å². The quantitative estimate of drug-likeness (QED) is 0.489. The summed E-state index contributed by atoms with van der Waals surface area (Å²) in [6.07, 6.45) is 4.53. The molecule has 1 aliphatic heterocycles. The van der Waals surface area contributed by atoms with Crippen LogP contribution in [0.25, 0.3) is 16.6 Å². The second kappa shape index (κ2) is 8.61. The standard InChI is InChI=1S/C24H29N7O/c1-16(2)23-28-27-21-7-8-22(29-31(21)23)30-13-10-17(11-14-30)24(32)25-12-9-18-15-26-20-6-4-3-5-19(18)20/h3-8,15-17,26H,9-14H2,1-2H3,(H,25,32). The summed E-state index contributed by atoms with van der Waals surface area (Å²) in [5, 5.41) is 17.6. The number of hydrogen-bond acceptors (Lipinski definition) is 5. The summed E-state index contributed by atoms with van der Waals surface area (Å²) in [5.41, 5.74) is 3.15. The number of rotatable bonds is 6. The number of fused-ring (bicyclic) bond motifs is 2. The van der Waals surface area contributed by atoms with Crippen molar-refractivity contribution < 1.29 is 4.79 Å². The Bertz CT molecular complexity index is 1230. The fourth-order valence-electron chi connectivity index (χ4n) is 4.50. The van der Waals surface area contributed by atoms with Gasteiger partial charge in [-0.05, 0) is 43.0 Å². The van der Waals surface area contributed by atoms with Crippen LogP contribution in [0.4, 0.5) is 5.82 Å². The van der Waals surface area contributed by atoms with Crippen LogP contribution in [0.15, 0.2) is 42.6 Å². The van der Waals surface area contributed by atoms with Crippen molar-refractivity contribution in [3.05, 3.63) is 54.0 Å². The largest absolute Gasteiger partial charge is 0.361 e. The molecule has 1 amide bonds. The molecule has 0 unspecified atom stereocenters. The van der Waals surface area contributed by atoms with Crippen molar-refractivity contribution >= 4 is 28.3 Å². The summed E-state index contributed by atoms with van der Waals surface area (Å²) < 4.78 is 1.84. The van der Waals surface area contributed by atoms with E-state index < -0.39 is 0 Å². The average Bonchev–Trinajstić information content (AvgIpc) is 3.43. The SMILES string of the molecule is CC(C)c1nnc2ccc(N3CCC(C(=O)NCCc4c[nH]c5ccccc45)CC3)nn12. The van der Waals surface area contributed by atoms with E-state index in [1.807, 2.05) is 35.0 Å². The molecule has 0 saturated carbocycles. The van der Waals surface area contributed by atoms with Gasteiger partial charge >= 0.3 is 0 Å². The van der Waals surface area contributed by atoms with Gasteiger partial charge in [-0.15, -0.1) is 15.3 Å². The van der Waals surface area contributed by atoms with Crippen molar-refractivity contribution in [1.29, 1.82) is 0 Å². The molecule has 0 bridgehead atoms. The second-order valence-electron chi connectivity index (χ2n) is 8.84. The number of aromatic nitrogens is 5. The fraction of sp³-hybridized carbons (Fsp3) is 0.417. The molecule has 0 atom stereocenters. The molecular formula is C24H29N7O. The summed E-state index contributed by atoms with van der Waals surface area (Å²) >= 11 is 0. The van der Waals surface area contributed by atoms with Crippen molar-refractivity contribution in [2.24, 2.45) is 5.92 Å². The normalized spacial score (nSPS) is 15.2. The van der Waals surface area contributed by atoms with Gasteiger partial charge in [0.2, 0.25) is 5.91 Å². The number of para-hydroxylation sites is 1. The van der Waals surface area contributed by atoms with Gasteiger partial charge in [0.1, 0.15) is 5.82 Å². The highest BCUT2D eigenvalue weighted by Gasteiger charge is 2.26. The summed E-state index contributed by atoms with van der Waals surface area (Å²) in [6.45, 7) is 6.47. The molecule has 5 rings (SSSR count). The number of nitrogens with zero attached hydrogens (tertiary/aromatic N) is 5. The molecule has 4 aromatic rings. The molecule has 166 valence electrons.